The van der Waals surface area contributed by atoms with Gasteiger partial charge in [0.1, 0.15) is 0 Å². The van der Waals surface area contributed by atoms with Crippen LogP contribution < -0.4 is 11.2 Å². The molecule has 6 nitrogen and oxygen atoms in total. The molecule has 0 radical (unpaired) electrons. The van der Waals surface area contributed by atoms with Crippen LogP contribution in [0.1, 0.15) is 11.3 Å². The maximum absolute atomic E-state index is 12.0. The van der Waals surface area contributed by atoms with E-state index < -0.39 is 5.69 Å². The predicted molar refractivity (Wildman–Crippen MR) is 78.1 cm³/mol. The molecule has 0 bridgehead atoms. The largest absolute Gasteiger partial charge is 0.329 e. The molecule has 1 aromatic heterocycles. The van der Waals surface area contributed by atoms with Crippen LogP contribution in [-0.2, 0) is 6.54 Å². The molecule has 1 heterocycles. The Hall–Kier alpha value is -2.63. The Kier molecular flexibility index (Phi) is 4.14. The number of nitrogens with one attached hydrogen (secondary N) is 1. The van der Waals surface area contributed by atoms with Crippen LogP contribution in [0.4, 0.5) is 0 Å². The zero-order chi connectivity index (χ0) is 14.5. The Morgan fingerprint density at radius 3 is 2.55 bits per heavy atom. The van der Waals surface area contributed by atoms with Gasteiger partial charge in [0.15, 0.2) is 0 Å². The van der Waals surface area contributed by atoms with Gasteiger partial charge in [-0.2, -0.15) is 5.10 Å². The van der Waals surface area contributed by atoms with Gasteiger partial charge >= 0.3 is 5.69 Å². The number of hydrogen-bond donors (Lipinski definition) is 1. The van der Waals surface area contributed by atoms with Gasteiger partial charge in [-0.05, 0) is 5.56 Å². The molecule has 6 heteroatoms. The highest BCUT2D eigenvalue weighted by Crippen LogP contribution is 1.98. The average molecular weight is 272 g/mol. The number of nitrogens with zero attached hydrogens (tertiary/aromatic N) is 3. The van der Waals surface area contributed by atoms with Gasteiger partial charge in [-0.3, -0.25) is 9.36 Å². The first-order valence-corrected chi connectivity index (χ1v) is 6.15. The Bertz CT molecular complexity index is 683. The van der Waals surface area contributed by atoms with Gasteiger partial charge in [0, 0.05) is 20.2 Å². The summed E-state index contributed by atoms with van der Waals surface area (Å²) in [5, 5.41) is 5.56. The number of hydrazone groups is 1. The number of hydrogen-bond acceptors (Lipinski definition) is 4. The molecule has 0 aliphatic heterocycles. The van der Waals surface area contributed by atoms with Crippen LogP contribution in [-0.4, -0.2) is 34.9 Å². The molecular weight excluding hydrogens is 256 g/mol. The number of rotatable bonds is 4. The quantitative estimate of drug-likeness (QED) is 0.650. The van der Waals surface area contributed by atoms with Crippen LogP contribution in [0, 0.1) is 0 Å². The summed E-state index contributed by atoms with van der Waals surface area (Å²) in [6.07, 6.45) is 1.44. The van der Waals surface area contributed by atoms with Gasteiger partial charge in [-0.1, -0.05) is 30.3 Å². The minimum Gasteiger partial charge on any atom is -0.306 e. The van der Waals surface area contributed by atoms with Crippen molar-refractivity contribution in [3.63, 3.8) is 0 Å². The van der Waals surface area contributed by atoms with Gasteiger partial charge in [-0.15, -0.1) is 0 Å². The van der Waals surface area contributed by atoms with Crippen LogP contribution >= 0.6 is 0 Å². The van der Waals surface area contributed by atoms with E-state index in [9.17, 15) is 9.59 Å². The van der Waals surface area contributed by atoms with E-state index >= 15 is 0 Å². The third kappa shape index (κ3) is 3.44. The molecule has 2 aromatic rings. The SMILES string of the molecule is CN(C)/N=C/c1cc(=O)n(Cc2ccccc2)c(=O)[nH]1. The van der Waals surface area contributed by atoms with E-state index in [4.69, 9.17) is 0 Å². The van der Waals surface area contributed by atoms with Crippen LogP contribution in [0.3, 0.4) is 0 Å². The first-order chi connectivity index (χ1) is 9.56. The van der Waals surface area contributed by atoms with Crippen LogP contribution in [0.25, 0.3) is 0 Å². The highest BCUT2D eigenvalue weighted by Gasteiger charge is 2.04. The third-order valence-corrected chi connectivity index (χ3v) is 2.65. The predicted octanol–water partition coefficient (Wildman–Crippen LogP) is 0.480. The first kappa shape index (κ1) is 13.8. The van der Waals surface area contributed by atoms with Crippen molar-refractivity contribution in [2.24, 2.45) is 5.10 Å². The number of H-pyrrole nitrogens is 1. The molecule has 0 aliphatic rings. The zero-order valence-corrected chi connectivity index (χ0v) is 11.4. The summed E-state index contributed by atoms with van der Waals surface area (Å²) < 4.78 is 1.16. The molecule has 0 aliphatic carbocycles. The highest BCUT2D eigenvalue weighted by molar-refractivity contribution is 5.76. The molecule has 20 heavy (non-hydrogen) atoms. The Morgan fingerprint density at radius 1 is 1.25 bits per heavy atom. The minimum absolute atomic E-state index is 0.250. The van der Waals surface area contributed by atoms with E-state index in [0.29, 0.717) is 5.69 Å². The molecule has 0 fully saturated rings. The lowest BCUT2D eigenvalue weighted by molar-refractivity contribution is 0.440. The fourth-order valence-corrected chi connectivity index (χ4v) is 1.70. The number of aromatic nitrogens is 2. The van der Waals surface area contributed by atoms with Crippen molar-refractivity contribution in [3.05, 3.63) is 68.5 Å². The van der Waals surface area contributed by atoms with Crippen molar-refractivity contribution in [1.82, 2.24) is 14.6 Å². The van der Waals surface area contributed by atoms with Crippen LogP contribution in [0.15, 0.2) is 51.1 Å². The minimum atomic E-state index is -0.443. The van der Waals surface area contributed by atoms with E-state index in [1.807, 2.05) is 30.3 Å². The summed E-state index contributed by atoms with van der Waals surface area (Å²) in [6, 6.07) is 10.7. The van der Waals surface area contributed by atoms with E-state index in [1.165, 1.54) is 12.3 Å². The zero-order valence-electron chi connectivity index (χ0n) is 11.4. The Morgan fingerprint density at radius 2 is 1.95 bits per heavy atom. The van der Waals surface area contributed by atoms with Crippen molar-refractivity contribution in [2.45, 2.75) is 6.54 Å². The van der Waals surface area contributed by atoms with Crippen LogP contribution in [0.5, 0.6) is 0 Å². The Labute approximate surface area is 116 Å². The second kappa shape index (κ2) is 6.01. The second-order valence-electron chi connectivity index (χ2n) is 4.53. The van der Waals surface area contributed by atoms with E-state index in [-0.39, 0.29) is 12.1 Å². The van der Waals surface area contributed by atoms with Gasteiger partial charge in [0.25, 0.3) is 5.56 Å². The van der Waals surface area contributed by atoms with Crippen molar-refractivity contribution in [3.8, 4) is 0 Å². The first-order valence-electron chi connectivity index (χ1n) is 6.15. The summed E-state index contributed by atoms with van der Waals surface area (Å²) in [7, 11) is 3.51. The van der Waals surface area contributed by atoms with Crippen molar-refractivity contribution < 1.29 is 0 Å². The van der Waals surface area contributed by atoms with E-state index in [2.05, 4.69) is 10.1 Å². The van der Waals surface area contributed by atoms with Crippen molar-refractivity contribution in [2.75, 3.05) is 14.1 Å². The maximum atomic E-state index is 12.0. The van der Waals surface area contributed by atoms with Gasteiger partial charge in [0.2, 0.25) is 0 Å². The summed E-state index contributed by atoms with van der Waals surface area (Å²) >= 11 is 0. The van der Waals surface area contributed by atoms with E-state index in [0.717, 1.165) is 10.1 Å². The summed E-state index contributed by atoms with van der Waals surface area (Å²) in [6.45, 7) is 0.250. The molecule has 0 atom stereocenters. The molecule has 0 unspecified atom stereocenters. The summed E-state index contributed by atoms with van der Waals surface area (Å²) in [4.78, 5) is 26.5. The molecular formula is C14H16N4O2. The summed E-state index contributed by atoms with van der Waals surface area (Å²) in [5.41, 5.74) is 0.493. The topological polar surface area (TPSA) is 70.5 Å². The lowest BCUT2D eigenvalue weighted by Gasteiger charge is -2.06. The van der Waals surface area contributed by atoms with Crippen molar-refractivity contribution in [1.29, 1.82) is 0 Å². The summed E-state index contributed by atoms with van der Waals surface area (Å²) in [5.74, 6) is 0. The molecule has 1 N–H and O–H groups in total. The van der Waals surface area contributed by atoms with Crippen molar-refractivity contribution >= 4 is 6.21 Å². The lowest BCUT2D eigenvalue weighted by Crippen LogP contribution is -2.35. The highest BCUT2D eigenvalue weighted by atomic mass is 16.2. The third-order valence-electron chi connectivity index (χ3n) is 2.65. The maximum Gasteiger partial charge on any atom is 0.329 e. The smallest absolute Gasteiger partial charge is 0.306 e. The fraction of sp³-hybridized carbons (Fsp3) is 0.214. The standard InChI is InChI=1S/C14H16N4O2/c1-17(2)15-9-12-8-13(19)18(14(20)16-12)10-11-6-4-3-5-7-11/h3-9H,10H2,1-2H3,(H,16,20)/b15-9+. The number of benzene rings is 1. The van der Waals surface area contributed by atoms with Gasteiger partial charge in [-0.25, -0.2) is 4.79 Å². The normalized spacial score (nSPS) is 10.9. The molecule has 104 valence electrons. The second-order valence-corrected chi connectivity index (χ2v) is 4.53. The number of aromatic amines is 1. The molecule has 0 spiro atoms. The Balaban J connectivity index is 2.33. The molecule has 0 saturated heterocycles. The van der Waals surface area contributed by atoms with E-state index in [1.54, 1.807) is 19.1 Å². The molecule has 2 rings (SSSR count). The van der Waals surface area contributed by atoms with Gasteiger partial charge < -0.3 is 9.99 Å². The average Bonchev–Trinajstić information content (AvgIpc) is 2.42. The molecule has 1 aromatic carbocycles. The lowest BCUT2D eigenvalue weighted by atomic mass is 10.2. The fourth-order valence-electron chi connectivity index (χ4n) is 1.70. The van der Waals surface area contributed by atoms with Gasteiger partial charge in [0.05, 0.1) is 18.5 Å². The monoisotopic (exact) mass is 272 g/mol. The molecule has 0 saturated carbocycles. The van der Waals surface area contributed by atoms with Crippen LogP contribution in [0.2, 0.25) is 0 Å². The molecule has 0 amide bonds.